The third kappa shape index (κ3) is 4.87. The van der Waals surface area contributed by atoms with Crippen molar-refractivity contribution in [2.75, 3.05) is 26.7 Å². The summed E-state index contributed by atoms with van der Waals surface area (Å²) in [5.74, 6) is 0.641. The lowest BCUT2D eigenvalue weighted by atomic mass is 10.3. The molecule has 0 fully saturated rings. The average Bonchev–Trinajstić information content (AvgIpc) is 2.42. The molecule has 5 nitrogen and oxygen atoms in total. The molecule has 0 spiro atoms. The molecule has 1 heterocycles. The first-order valence-corrected chi connectivity index (χ1v) is 6.62. The lowest BCUT2D eigenvalue weighted by Crippen LogP contribution is -2.31. The number of nitrogens with one attached hydrogen (secondary N) is 1. The number of hydrogen-bond acceptors (Lipinski definition) is 4. The quantitative estimate of drug-likeness (QED) is 0.808. The van der Waals surface area contributed by atoms with Gasteiger partial charge >= 0.3 is 0 Å². The van der Waals surface area contributed by atoms with Crippen LogP contribution in [-0.2, 0) is 11.3 Å². The van der Waals surface area contributed by atoms with Gasteiger partial charge in [0.15, 0.2) is 6.61 Å². The number of aromatic nitrogens is 1. The van der Waals surface area contributed by atoms with Crippen LogP contribution in [0.2, 0.25) is 0 Å². The van der Waals surface area contributed by atoms with Crippen LogP contribution in [0.4, 0.5) is 0 Å². The molecule has 0 aliphatic carbocycles. The molecule has 0 radical (unpaired) electrons. The largest absolute Gasteiger partial charge is 0.482 e. The van der Waals surface area contributed by atoms with Gasteiger partial charge < -0.3 is 15.0 Å². The SMILES string of the molecule is CCNCc1nc(C)ccc1OCC(=O)N(C)CC. The number of hydrogen-bond donors (Lipinski definition) is 1. The minimum absolute atomic E-state index is 0.0301. The summed E-state index contributed by atoms with van der Waals surface area (Å²) in [6.45, 7) is 8.15. The fraction of sp³-hybridized carbons (Fsp3) is 0.571. The Labute approximate surface area is 115 Å². The number of ether oxygens (including phenoxy) is 1. The molecule has 1 amide bonds. The number of pyridine rings is 1. The van der Waals surface area contributed by atoms with E-state index in [0.29, 0.717) is 18.8 Å². The highest BCUT2D eigenvalue weighted by Gasteiger charge is 2.10. The van der Waals surface area contributed by atoms with Crippen molar-refractivity contribution < 1.29 is 9.53 Å². The highest BCUT2D eigenvalue weighted by molar-refractivity contribution is 5.77. The lowest BCUT2D eigenvalue weighted by molar-refractivity contribution is -0.131. The van der Waals surface area contributed by atoms with E-state index in [1.807, 2.05) is 32.9 Å². The van der Waals surface area contributed by atoms with Crippen molar-refractivity contribution >= 4 is 5.91 Å². The van der Waals surface area contributed by atoms with Crippen molar-refractivity contribution in [3.05, 3.63) is 23.5 Å². The molecule has 5 heteroatoms. The van der Waals surface area contributed by atoms with E-state index < -0.39 is 0 Å². The molecule has 0 saturated heterocycles. The Balaban J connectivity index is 2.68. The van der Waals surface area contributed by atoms with E-state index in [9.17, 15) is 4.79 Å². The molecule has 0 unspecified atom stereocenters. The maximum atomic E-state index is 11.7. The molecule has 106 valence electrons. The summed E-state index contributed by atoms with van der Waals surface area (Å²) in [5, 5.41) is 3.22. The van der Waals surface area contributed by atoms with Gasteiger partial charge in [-0.15, -0.1) is 0 Å². The van der Waals surface area contributed by atoms with Gasteiger partial charge in [0, 0.05) is 25.8 Å². The Morgan fingerprint density at radius 2 is 2.16 bits per heavy atom. The van der Waals surface area contributed by atoms with Crippen molar-refractivity contribution in [3.63, 3.8) is 0 Å². The third-order valence-corrected chi connectivity index (χ3v) is 2.87. The standard InChI is InChI=1S/C14H23N3O2/c1-5-15-9-12-13(8-7-11(3)16-12)19-10-14(18)17(4)6-2/h7-8,15H,5-6,9-10H2,1-4H3. The Hall–Kier alpha value is -1.62. The predicted molar refractivity (Wildman–Crippen MR) is 75.2 cm³/mol. The van der Waals surface area contributed by atoms with Crippen LogP contribution in [0.1, 0.15) is 25.2 Å². The molecule has 0 bridgehead atoms. The maximum absolute atomic E-state index is 11.7. The molecule has 0 saturated carbocycles. The Morgan fingerprint density at radius 3 is 2.79 bits per heavy atom. The Morgan fingerprint density at radius 1 is 1.42 bits per heavy atom. The first kappa shape index (κ1) is 15.4. The van der Waals surface area contributed by atoms with Crippen molar-refractivity contribution in [2.45, 2.75) is 27.3 Å². The zero-order valence-electron chi connectivity index (χ0n) is 12.2. The number of aryl methyl sites for hydroxylation is 1. The smallest absolute Gasteiger partial charge is 0.260 e. The lowest BCUT2D eigenvalue weighted by Gasteiger charge is -2.16. The van der Waals surface area contributed by atoms with Gasteiger partial charge in [-0.2, -0.15) is 0 Å². The molecule has 19 heavy (non-hydrogen) atoms. The number of likely N-dealkylation sites (N-methyl/N-ethyl adjacent to an activating group) is 1. The molecular formula is C14H23N3O2. The number of carbonyl (C=O) groups is 1. The molecule has 0 atom stereocenters. The van der Waals surface area contributed by atoms with Gasteiger partial charge in [0.05, 0.1) is 5.69 Å². The van der Waals surface area contributed by atoms with Crippen molar-refractivity contribution in [3.8, 4) is 5.75 Å². The Bertz CT molecular complexity index is 421. The molecule has 1 N–H and O–H groups in total. The number of rotatable bonds is 7. The molecule has 0 aliphatic rings. The van der Waals surface area contributed by atoms with E-state index in [1.165, 1.54) is 0 Å². The summed E-state index contributed by atoms with van der Waals surface area (Å²) in [7, 11) is 1.76. The fourth-order valence-corrected chi connectivity index (χ4v) is 1.53. The highest BCUT2D eigenvalue weighted by atomic mass is 16.5. The van der Waals surface area contributed by atoms with Gasteiger partial charge in [-0.3, -0.25) is 9.78 Å². The van der Waals surface area contributed by atoms with Gasteiger partial charge in [-0.05, 0) is 32.5 Å². The van der Waals surface area contributed by atoms with E-state index in [0.717, 1.165) is 17.9 Å². The van der Waals surface area contributed by atoms with E-state index in [2.05, 4.69) is 10.3 Å². The first-order valence-electron chi connectivity index (χ1n) is 6.62. The second-order valence-corrected chi connectivity index (χ2v) is 4.37. The van der Waals surface area contributed by atoms with Gasteiger partial charge in [-0.1, -0.05) is 6.92 Å². The minimum Gasteiger partial charge on any atom is -0.482 e. The van der Waals surface area contributed by atoms with Crippen LogP contribution in [0.25, 0.3) is 0 Å². The summed E-state index contributed by atoms with van der Waals surface area (Å²) in [5.41, 5.74) is 1.78. The summed E-state index contributed by atoms with van der Waals surface area (Å²) < 4.78 is 5.58. The van der Waals surface area contributed by atoms with Crippen LogP contribution in [0.15, 0.2) is 12.1 Å². The first-order chi connectivity index (χ1) is 9.08. The fourth-order valence-electron chi connectivity index (χ4n) is 1.53. The average molecular weight is 265 g/mol. The van der Waals surface area contributed by atoms with Gasteiger partial charge in [0.1, 0.15) is 5.75 Å². The normalized spacial score (nSPS) is 10.3. The monoisotopic (exact) mass is 265 g/mol. The molecule has 0 aliphatic heterocycles. The van der Waals surface area contributed by atoms with Gasteiger partial charge in [0.2, 0.25) is 0 Å². The van der Waals surface area contributed by atoms with E-state index in [-0.39, 0.29) is 12.5 Å². The summed E-state index contributed by atoms with van der Waals surface area (Å²) in [4.78, 5) is 17.8. The molecule has 1 aromatic rings. The van der Waals surface area contributed by atoms with Crippen LogP contribution in [0, 0.1) is 6.92 Å². The van der Waals surface area contributed by atoms with Crippen molar-refractivity contribution in [1.29, 1.82) is 0 Å². The van der Waals surface area contributed by atoms with Crippen LogP contribution in [-0.4, -0.2) is 42.5 Å². The molecule has 1 aromatic heterocycles. The maximum Gasteiger partial charge on any atom is 0.260 e. The zero-order valence-corrected chi connectivity index (χ0v) is 12.2. The second-order valence-electron chi connectivity index (χ2n) is 4.37. The number of carbonyl (C=O) groups excluding carboxylic acids is 1. The van der Waals surface area contributed by atoms with E-state index >= 15 is 0 Å². The van der Waals surface area contributed by atoms with Crippen molar-refractivity contribution in [2.24, 2.45) is 0 Å². The third-order valence-electron chi connectivity index (χ3n) is 2.87. The number of nitrogens with zero attached hydrogens (tertiary/aromatic N) is 2. The Kier molecular flexibility index (Phi) is 6.29. The molecule has 0 aromatic carbocycles. The van der Waals surface area contributed by atoms with Crippen LogP contribution in [0.3, 0.4) is 0 Å². The van der Waals surface area contributed by atoms with Gasteiger partial charge in [-0.25, -0.2) is 0 Å². The van der Waals surface area contributed by atoms with Crippen LogP contribution < -0.4 is 10.1 Å². The highest BCUT2D eigenvalue weighted by Crippen LogP contribution is 2.16. The van der Waals surface area contributed by atoms with Crippen LogP contribution >= 0.6 is 0 Å². The minimum atomic E-state index is -0.0301. The summed E-state index contributed by atoms with van der Waals surface area (Å²) >= 11 is 0. The molecular weight excluding hydrogens is 242 g/mol. The van der Waals surface area contributed by atoms with Gasteiger partial charge in [0.25, 0.3) is 5.91 Å². The second kappa shape index (κ2) is 7.74. The summed E-state index contributed by atoms with van der Waals surface area (Å²) in [6.07, 6.45) is 0. The topological polar surface area (TPSA) is 54.5 Å². The van der Waals surface area contributed by atoms with E-state index in [1.54, 1.807) is 11.9 Å². The zero-order chi connectivity index (χ0) is 14.3. The van der Waals surface area contributed by atoms with Crippen LogP contribution in [0.5, 0.6) is 5.75 Å². The van der Waals surface area contributed by atoms with Crippen molar-refractivity contribution in [1.82, 2.24) is 15.2 Å². The van der Waals surface area contributed by atoms with E-state index in [4.69, 9.17) is 4.74 Å². The number of amides is 1. The predicted octanol–water partition coefficient (Wildman–Crippen LogP) is 1.36. The summed E-state index contributed by atoms with van der Waals surface area (Å²) in [6, 6.07) is 3.76. The molecule has 1 rings (SSSR count).